The molecule has 2 rings (SSSR count). The molecule has 0 saturated carbocycles. The van der Waals surface area contributed by atoms with Crippen LogP contribution in [0.2, 0.25) is 0 Å². The monoisotopic (exact) mass is 283 g/mol. The van der Waals surface area contributed by atoms with Crippen molar-refractivity contribution in [2.45, 2.75) is 46.0 Å². The highest BCUT2D eigenvalue weighted by atomic mass is 15.1. The summed E-state index contributed by atoms with van der Waals surface area (Å²) in [6, 6.07) is 10.6. The second-order valence-electron chi connectivity index (χ2n) is 6.37. The molecule has 0 spiro atoms. The molecule has 0 fully saturated rings. The van der Waals surface area contributed by atoms with E-state index in [1.165, 1.54) is 12.0 Å². The van der Waals surface area contributed by atoms with E-state index in [-0.39, 0.29) is 5.41 Å². The molecule has 0 unspecified atom stereocenters. The van der Waals surface area contributed by atoms with Crippen LogP contribution < -0.4 is 5.32 Å². The third kappa shape index (κ3) is 4.28. The Labute approximate surface area is 127 Å². The van der Waals surface area contributed by atoms with Crippen LogP contribution in [-0.4, -0.2) is 16.5 Å². The molecule has 0 aliphatic carbocycles. The standard InChI is InChI=1S/C18H25N3/c1-5-6-12-19-17-20-13-11-16(21-17)14-7-9-15(10-8-14)18(2,3)4/h7-11,13H,5-6,12H2,1-4H3,(H,19,20,21). The first kappa shape index (κ1) is 15.5. The van der Waals surface area contributed by atoms with Crippen molar-refractivity contribution in [3.05, 3.63) is 42.1 Å². The number of nitrogens with one attached hydrogen (secondary N) is 1. The van der Waals surface area contributed by atoms with Gasteiger partial charge < -0.3 is 5.32 Å². The van der Waals surface area contributed by atoms with Crippen LogP contribution >= 0.6 is 0 Å². The topological polar surface area (TPSA) is 37.8 Å². The number of nitrogens with zero attached hydrogens (tertiary/aromatic N) is 2. The number of hydrogen-bond donors (Lipinski definition) is 1. The van der Waals surface area contributed by atoms with Crippen LogP contribution in [0.5, 0.6) is 0 Å². The smallest absolute Gasteiger partial charge is 0.223 e. The Morgan fingerprint density at radius 3 is 2.38 bits per heavy atom. The second kappa shape index (κ2) is 6.70. The van der Waals surface area contributed by atoms with Crippen LogP contribution in [0.15, 0.2) is 36.5 Å². The Hall–Kier alpha value is -1.90. The molecular weight excluding hydrogens is 258 g/mol. The predicted octanol–water partition coefficient (Wildman–Crippen LogP) is 4.65. The van der Waals surface area contributed by atoms with Crippen molar-refractivity contribution in [2.75, 3.05) is 11.9 Å². The third-order valence-electron chi connectivity index (χ3n) is 3.52. The van der Waals surface area contributed by atoms with Crippen molar-refractivity contribution >= 4 is 5.95 Å². The molecular formula is C18H25N3. The summed E-state index contributed by atoms with van der Waals surface area (Å²) in [5.41, 5.74) is 3.60. The first-order valence-corrected chi connectivity index (χ1v) is 7.68. The number of benzene rings is 1. The van der Waals surface area contributed by atoms with Gasteiger partial charge in [0.15, 0.2) is 0 Å². The van der Waals surface area contributed by atoms with E-state index in [1.807, 2.05) is 12.3 Å². The summed E-state index contributed by atoms with van der Waals surface area (Å²) in [7, 11) is 0. The second-order valence-corrected chi connectivity index (χ2v) is 6.37. The van der Waals surface area contributed by atoms with E-state index >= 15 is 0 Å². The summed E-state index contributed by atoms with van der Waals surface area (Å²) in [5, 5.41) is 3.27. The molecule has 3 heteroatoms. The number of anilines is 1. The van der Waals surface area contributed by atoms with Gasteiger partial charge in [-0.15, -0.1) is 0 Å². The summed E-state index contributed by atoms with van der Waals surface area (Å²) in [5.74, 6) is 0.709. The zero-order valence-electron chi connectivity index (χ0n) is 13.5. The van der Waals surface area contributed by atoms with Gasteiger partial charge in [-0.1, -0.05) is 58.4 Å². The molecule has 1 aromatic carbocycles. The van der Waals surface area contributed by atoms with Gasteiger partial charge in [-0.25, -0.2) is 9.97 Å². The Bertz CT molecular complexity index is 568. The van der Waals surface area contributed by atoms with Gasteiger partial charge in [-0.3, -0.25) is 0 Å². The molecule has 0 saturated heterocycles. The lowest BCUT2D eigenvalue weighted by atomic mass is 9.86. The fourth-order valence-corrected chi connectivity index (χ4v) is 2.12. The first-order valence-electron chi connectivity index (χ1n) is 7.68. The average molecular weight is 283 g/mol. The molecule has 0 aliphatic heterocycles. The van der Waals surface area contributed by atoms with Gasteiger partial charge in [-0.05, 0) is 23.5 Å². The highest BCUT2D eigenvalue weighted by molar-refractivity contribution is 5.60. The predicted molar refractivity (Wildman–Crippen MR) is 89.6 cm³/mol. The van der Waals surface area contributed by atoms with Gasteiger partial charge in [0.1, 0.15) is 0 Å². The number of hydrogen-bond acceptors (Lipinski definition) is 3. The van der Waals surface area contributed by atoms with E-state index in [2.05, 4.69) is 67.2 Å². The van der Waals surface area contributed by atoms with Gasteiger partial charge in [0.05, 0.1) is 5.69 Å². The molecule has 0 amide bonds. The van der Waals surface area contributed by atoms with Gasteiger partial charge in [0.2, 0.25) is 5.95 Å². The molecule has 0 atom stereocenters. The maximum absolute atomic E-state index is 4.58. The van der Waals surface area contributed by atoms with Crippen LogP contribution in [0.4, 0.5) is 5.95 Å². The van der Waals surface area contributed by atoms with Crippen LogP contribution in [0.25, 0.3) is 11.3 Å². The lowest BCUT2D eigenvalue weighted by molar-refractivity contribution is 0.590. The van der Waals surface area contributed by atoms with E-state index in [4.69, 9.17) is 0 Å². The zero-order valence-corrected chi connectivity index (χ0v) is 13.5. The number of rotatable bonds is 5. The lowest BCUT2D eigenvalue weighted by Crippen LogP contribution is -2.10. The summed E-state index contributed by atoms with van der Waals surface area (Å²) in [4.78, 5) is 8.86. The maximum Gasteiger partial charge on any atom is 0.223 e. The quantitative estimate of drug-likeness (QED) is 0.811. The minimum absolute atomic E-state index is 0.178. The fraction of sp³-hybridized carbons (Fsp3) is 0.444. The van der Waals surface area contributed by atoms with Gasteiger partial charge in [-0.2, -0.15) is 0 Å². The van der Waals surface area contributed by atoms with Crippen molar-refractivity contribution in [1.82, 2.24) is 9.97 Å². The summed E-state index contributed by atoms with van der Waals surface area (Å²) in [6.45, 7) is 9.77. The SMILES string of the molecule is CCCCNc1nccc(-c2ccc(C(C)(C)C)cc2)n1. The molecule has 1 aromatic heterocycles. The molecule has 21 heavy (non-hydrogen) atoms. The van der Waals surface area contributed by atoms with Crippen LogP contribution in [-0.2, 0) is 5.41 Å². The Morgan fingerprint density at radius 1 is 1.05 bits per heavy atom. The van der Waals surface area contributed by atoms with Crippen molar-refractivity contribution in [3.8, 4) is 11.3 Å². The molecule has 0 radical (unpaired) electrons. The highest BCUT2D eigenvalue weighted by Gasteiger charge is 2.13. The molecule has 2 aromatic rings. The molecule has 112 valence electrons. The van der Waals surface area contributed by atoms with Crippen molar-refractivity contribution < 1.29 is 0 Å². The molecule has 3 nitrogen and oxygen atoms in total. The number of unbranched alkanes of at least 4 members (excludes halogenated alkanes) is 1. The van der Waals surface area contributed by atoms with Crippen LogP contribution in [0.1, 0.15) is 46.1 Å². The molecule has 0 aliphatic rings. The molecule has 0 bridgehead atoms. The third-order valence-corrected chi connectivity index (χ3v) is 3.52. The van der Waals surface area contributed by atoms with E-state index in [9.17, 15) is 0 Å². The van der Waals surface area contributed by atoms with E-state index in [1.54, 1.807) is 0 Å². The number of aromatic nitrogens is 2. The summed E-state index contributed by atoms with van der Waals surface area (Å²) in [6.07, 6.45) is 4.11. The van der Waals surface area contributed by atoms with Crippen molar-refractivity contribution in [3.63, 3.8) is 0 Å². The van der Waals surface area contributed by atoms with Crippen LogP contribution in [0, 0.1) is 0 Å². The largest absolute Gasteiger partial charge is 0.354 e. The maximum atomic E-state index is 4.58. The first-order chi connectivity index (χ1) is 10.0. The normalized spacial score (nSPS) is 11.4. The van der Waals surface area contributed by atoms with Gasteiger partial charge >= 0.3 is 0 Å². The minimum atomic E-state index is 0.178. The molecule has 1 N–H and O–H groups in total. The van der Waals surface area contributed by atoms with E-state index in [0.29, 0.717) is 5.95 Å². The zero-order chi connectivity index (χ0) is 15.3. The van der Waals surface area contributed by atoms with Crippen molar-refractivity contribution in [1.29, 1.82) is 0 Å². The van der Waals surface area contributed by atoms with Crippen LogP contribution in [0.3, 0.4) is 0 Å². The van der Waals surface area contributed by atoms with Gasteiger partial charge in [0.25, 0.3) is 0 Å². The Balaban J connectivity index is 2.16. The average Bonchev–Trinajstić information content (AvgIpc) is 2.47. The van der Waals surface area contributed by atoms with Crippen molar-refractivity contribution in [2.24, 2.45) is 0 Å². The lowest BCUT2D eigenvalue weighted by Gasteiger charge is -2.19. The Morgan fingerprint density at radius 2 is 1.76 bits per heavy atom. The Kier molecular flexibility index (Phi) is 4.94. The minimum Gasteiger partial charge on any atom is -0.354 e. The summed E-state index contributed by atoms with van der Waals surface area (Å²) >= 11 is 0. The van der Waals surface area contributed by atoms with E-state index in [0.717, 1.165) is 24.2 Å². The molecule has 1 heterocycles. The van der Waals surface area contributed by atoms with Gasteiger partial charge in [0, 0.05) is 18.3 Å². The summed E-state index contributed by atoms with van der Waals surface area (Å²) < 4.78 is 0. The fourth-order valence-electron chi connectivity index (χ4n) is 2.12. The van der Waals surface area contributed by atoms with E-state index < -0.39 is 0 Å². The highest BCUT2D eigenvalue weighted by Crippen LogP contribution is 2.25.